The Bertz CT molecular complexity index is 950. The Morgan fingerprint density at radius 2 is 2.08 bits per heavy atom. The third kappa shape index (κ3) is 2.65. The molecule has 7 nitrogen and oxygen atoms in total. The number of nitrogens with zero attached hydrogens (tertiary/aromatic N) is 5. The lowest BCUT2D eigenvalue weighted by atomic mass is 10.2. The van der Waals surface area contributed by atoms with E-state index in [0.717, 1.165) is 36.6 Å². The average Bonchev–Trinajstić information content (AvgIpc) is 3.18. The van der Waals surface area contributed by atoms with E-state index in [1.54, 1.807) is 6.07 Å². The van der Waals surface area contributed by atoms with E-state index in [0.29, 0.717) is 18.2 Å². The van der Waals surface area contributed by atoms with Gasteiger partial charge in [0.05, 0.1) is 17.4 Å². The number of H-pyrrole nitrogens is 1. The molecule has 24 heavy (non-hydrogen) atoms. The predicted molar refractivity (Wildman–Crippen MR) is 91.2 cm³/mol. The van der Waals surface area contributed by atoms with Crippen LogP contribution in [0.3, 0.4) is 0 Å². The number of likely N-dealkylation sites (tertiary alicyclic amines) is 1. The minimum absolute atomic E-state index is 0.0580. The normalized spacial score (nSPS) is 18.7. The molecule has 0 unspecified atom stereocenters. The first-order chi connectivity index (χ1) is 11.5. The van der Waals surface area contributed by atoms with Crippen LogP contribution in [0.2, 0.25) is 0 Å². The van der Waals surface area contributed by atoms with Crippen molar-refractivity contribution < 1.29 is 0 Å². The van der Waals surface area contributed by atoms with Crippen molar-refractivity contribution in [2.45, 2.75) is 39.8 Å². The van der Waals surface area contributed by atoms with E-state index in [1.165, 1.54) is 10.2 Å². The lowest BCUT2D eigenvalue weighted by Gasteiger charge is -2.16. The predicted octanol–water partition coefficient (Wildman–Crippen LogP) is 1.59. The van der Waals surface area contributed by atoms with Crippen molar-refractivity contribution in [1.82, 2.24) is 29.3 Å². The SMILES string of the molecule is Cc1cc(C)n([C@H]2CCN(Cc3cc(=O)n4[nH]c(C)cc4n3)C2)n1. The third-order valence-corrected chi connectivity index (χ3v) is 4.66. The molecular formula is C17H22N6O. The molecule has 1 fully saturated rings. The van der Waals surface area contributed by atoms with Crippen molar-refractivity contribution in [2.75, 3.05) is 13.1 Å². The second kappa shape index (κ2) is 5.59. The van der Waals surface area contributed by atoms with Gasteiger partial charge in [0.1, 0.15) is 0 Å². The van der Waals surface area contributed by atoms with E-state index in [9.17, 15) is 4.79 Å². The summed E-state index contributed by atoms with van der Waals surface area (Å²) in [4.78, 5) is 19.1. The highest BCUT2D eigenvalue weighted by atomic mass is 16.1. The fourth-order valence-corrected chi connectivity index (χ4v) is 3.64. The zero-order valence-electron chi connectivity index (χ0n) is 14.3. The Kier molecular flexibility index (Phi) is 3.53. The summed E-state index contributed by atoms with van der Waals surface area (Å²) in [6.07, 6.45) is 1.08. The van der Waals surface area contributed by atoms with Crippen LogP contribution in [0.4, 0.5) is 0 Å². The fraction of sp³-hybridized carbons (Fsp3) is 0.471. The van der Waals surface area contributed by atoms with Gasteiger partial charge < -0.3 is 0 Å². The van der Waals surface area contributed by atoms with E-state index >= 15 is 0 Å². The molecule has 0 radical (unpaired) electrons. The molecule has 1 saturated heterocycles. The van der Waals surface area contributed by atoms with Crippen LogP contribution < -0.4 is 5.56 Å². The lowest BCUT2D eigenvalue weighted by molar-refractivity contribution is 0.307. The summed E-state index contributed by atoms with van der Waals surface area (Å²) in [6, 6.07) is 6.04. The first-order valence-electron chi connectivity index (χ1n) is 8.33. The molecule has 4 rings (SSSR count). The molecule has 3 aromatic rings. The zero-order valence-corrected chi connectivity index (χ0v) is 14.3. The quantitative estimate of drug-likeness (QED) is 0.793. The van der Waals surface area contributed by atoms with Gasteiger partial charge in [-0.2, -0.15) is 5.10 Å². The summed E-state index contributed by atoms with van der Waals surface area (Å²) >= 11 is 0. The van der Waals surface area contributed by atoms with Crippen molar-refractivity contribution in [2.24, 2.45) is 0 Å². The summed E-state index contributed by atoms with van der Waals surface area (Å²) in [5.41, 5.74) is 4.66. The Hall–Kier alpha value is -2.41. The van der Waals surface area contributed by atoms with Gasteiger partial charge in [0.15, 0.2) is 5.65 Å². The second-order valence-electron chi connectivity index (χ2n) is 6.77. The number of fused-ring (bicyclic) bond motifs is 1. The van der Waals surface area contributed by atoms with Crippen LogP contribution in [0.5, 0.6) is 0 Å². The number of aryl methyl sites for hydroxylation is 3. The molecule has 4 heterocycles. The van der Waals surface area contributed by atoms with Gasteiger partial charge in [-0.1, -0.05) is 0 Å². The summed E-state index contributed by atoms with van der Waals surface area (Å²) in [5.74, 6) is 0. The maximum Gasteiger partial charge on any atom is 0.272 e. The van der Waals surface area contributed by atoms with Crippen LogP contribution in [0.1, 0.15) is 35.2 Å². The lowest BCUT2D eigenvalue weighted by Crippen LogP contribution is -2.24. The van der Waals surface area contributed by atoms with Crippen molar-refractivity contribution in [3.63, 3.8) is 0 Å². The van der Waals surface area contributed by atoms with Crippen molar-refractivity contribution in [3.05, 3.63) is 51.3 Å². The van der Waals surface area contributed by atoms with Crippen LogP contribution in [0.15, 0.2) is 23.0 Å². The van der Waals surface area contributed by atoms with Crippen LogP contribution in [0.25, 0.3) is 5.65 Å². The fourth-order valence-electron chi connectivity index (χ4n) is 3.64. The highest BCUT2D eigenvalue weighted by molar-refractivity contribution is 5.39. The smallest absolute Gasteiger partial charge is 0.272 e. The Morgan fingerprint density at radius 3 is 2.83 bits per heavy atom. The average molecular weight is 326 g/mol. The minimum atomic E-state index is -0.0580. The molecule has 0 amide bonds. The Balaban J connectivity index is 1.52. The standard InChI is InChI=1S/C17H22N6O/c1-11-6-13(3)22(19-11)15-4-5-21(10-15)9-14-8-17(24)23-16(18-14)7-12(2)20-23/h6-8,15,20H,4-5,9-10H2,1-3H3/t15-/m0/s1. The first-order valence-corrected chi connectivity index (χ1v) is 8.33. The largest absolute Gasteiger partial charge is 0.295 e. The molecule has 1 atom stereocenters. The molecule has 7 heteroatoms. The van der Waals surface area contributed by atoms with E-state index in [1.807, 2.05) is 19.9 Å². The van der Waals surface area contributed by atoms with Gasteiger partial charge in [0, 0.05) is 43.2 Å². The summed E-state index contributed by atoms with van der Waals surface area (Å²) in [7, 11) is 0. The van der Waals surface area contributed by atoms with Gasteiger partial charge in [-0.3, -0.25) is 19.5 Å². The highest BCUT2D eigenvalue weighted by Crippen LogP contribution is 2.24. The summed E-state index contributed by atoms with van der Waals surface area (Å²) in [5, 5.41) is 7.61. The molecule has 0 aliphatic carbocycles. The molecular weight excluding hydrogens is 304 g/mol. The maximum absolute atomic E-state index is 12.2. The van der Waals surface area contributed by atoms with Crippen LogP contribution >= 0.6 is 0 Å². The third-order valence-electron chi connectivity index (χ3n) is 4.66. The van der Waals surface area contributed by atoms with Crippen molar-refractivity contribution in [1.29, 1.82) is 0 Å². The molecule has 0 aromatic carbocycles. The molecule has 1 N–H and O–H groups in total. The highest BCUT2D eigenvalue weighted by Gasteiger charge is 2.26. The minimum Gasteiger partial charge on any atom is -0.295 e. The number of rotatable bonds is 3. The van der Waals surface area contributed by atoms with Crippen molar-refractivity contribution >= 4 is 5.65 Å². The molecule has 126 valence electrons. The van der Waals surface area contributed by atoms with E-state index in [2.05, 4.69) is 37.8 Å². The van der Waals surface area contributed by atoms with E-state index < -0.39 is 0 Å². The van der Waals surface area contributed by atoms with Gasteiger partial charge >= 0.3 is 0 Å². The Labute approximate surface area is 139 Å². The van der Waals surface area contributed by atoms with Gasteiger partial charge in [0.2, 0.25) is 0 Å². The van der Waals surface area contributed by atoms with Crippen molar-refractivity contribution in [3.8, 4) is 0 Å². The topological polar surface area (TPSA) is 71.2 Å². The molecule has 1 aliphatic rings. The van der Waals surface area contributed by atoms with Gasteiger partial charge in [-0.05, 0) is 33.3 Å². The Morgan fingerprint density at radius 1 is 1.25 bits per heavy atom. The van der Waals surface area contributed by atoms with E-state index in [4.69, 9.17) is 0 Å². The number of nitrogens with one attached hydrogen (secondary N) is 1. The van der Waals surface area contributed by atoms with Gasteiger partial charge in [-0.25, -0.2) is 9.50 Å². The zero-order chi connectivity index (χ0) is 16.8. The van der Waals surface area contributed by atoms with Gasteiger partial charge in [-0.15, -0.1) is 0 Å². The molecule has 0 bridgehead atoms. The maximum atomic E-state index is 12.2. The number of aromatic amines is 1. The molecule has 3 aromatic heterocycles. The molecule has 0 spiro atoms. The van der Waals surface area contributed by atoms with Crippen LogP contribution in [-0.4, -0.2) is 42.4 Å². The van der Waals surface area contributed by atoms with Crippen LogP contribution in [0, 0.1) is 20.8 Å². The first kappa shape index (κ1) is 15.1. The van der Waals surface area contributed by atoms with Crippen LogP contribution in [-0.2, 0) is 6.54 Å². The monoisotopic (exact) mass is 326 g/mol. The number of hydrogen-bond acceptors (Lipinski definition) is 4. The van der Waals surface area contributed by atoms with E-state index in [-0.39, 0.29) is 5.56 Å². The molecule has 0 saturated carbocycles. The second-order valence-corrected chi connectivity index (χ2v) is 6.77. The summed E-state index contributed by atoms with van der Waals surface area (Å²) < 4.78 is 3.62. The summed E-state index contributed by atoms with van der Waals surface area (Å²) in [6.45, 7) is 8.69. The number of hydrogen-bond donors (Lipinski definition) is 1. The molecule has 1 aliphatic heterocycles. The van der Waals surface area contributed by atoms with Gasteiger partial charge in [0.25, 0.3) is 5.56 Å². The number of aromatic nitrogens is 5.